The first-order valence-corrected chi connectivity index (χ1v) is 1.20. The van der Waals surface area contributed by atoms with Gasteiger partial charge in [-0.15, -0.1) is 0 Å². The molecule has 0 aliphatic carbocycles. The summed E-state index contributed by atoms with van der Waals surface area (Å²) in [6.07, 6.45) is 0. The molecule has 0 amide bonds. The van der Waals surface area contributed by atoms with Gasteiger partial charge in [0.2, 0.25) is 0 Å². The fourth-order valence-electron chi connectivity index (χ4n) is 0. The minimum atomic E-state index is 0. The summed E-state index contributed by atoms with van der Waals surface area (Å²) < 4.78 is 0. The van der Waals surface area contributed by atoms with E-state index in [1.165, 1.54) is 13.8 Å². The molecule has 0 saturated heterocycles. The summed E-state index contributed by atoms with van der Waals surface area (Å²) in [5.74, 6) is 0.167. The Morgan fingerprint density at radius 3 is 1.17 bits per heavy atom. The molecule has 1 nitrogen and oxygen atoms in total. The van der Waals surface area contributed by atoms with Crippen molar-refractivity contribution >= 4 is 5.78 Å². The van der Waals surface area contributed by atoms with Crippen molar-refractivity contribution in [3.8, 4) is 0 Å². The molecule has 0 aromatic heterocycles. The molecule has 0 aromatic rings. The molecule has 0 heterocycles. The van der Waals surface area contributed by atoms with Crippen LogP contribution in [0.1, 0.15) is 13.8 Å². The van der Waals surface area contributed by atoms with Gasteiger partial charge in [-0.2, -0.15) is 0 Å². The Morgan fingerprint density at radius 1 is 1.17 bits per heavy atom. The van der Waals surface area contributed by atoms with Crippen molar-refractivity contribution < 1.29 is 85.6 Å². The first kappa shape index (κ1) is 15.8. The van der Waals surface area contributed by atoms with Gasteiger partial charge in [-0.25, -0.2) is 0 Å². The fraction of sp³-hybridized carbons (Fsp3) is 0.667. The Labute approximate surface area is 103 Å². The first-order valence-electron chi connectivity index (χ1n) is 1.20. The summed E-state index contributed by atoms with van der Waals surface area (Å²) in [5.41, 5.74) is 0. The summed E-state index contributed by atoms with van der Waals surface area (Å²) in [6, 6.07) is 0. The zero-order chi connectivity index (χ0) is 3.58. The Balaban J connectivity index is -0.0000000450. The van der Waals surface area contributed by atoms with E-state index in [2.05, 4.69) is 0 Å². The molecule has 0 aliphatic heterocycles. The van der Waals surface area contributed by atoms with E-state index in [0.717, 1.165) is 0 Å². The van der Waals surface area contributed by atoms with Crippen LogP contribution in [-0.2, 0) is 4.79 Å². The molecule has 0 atom stereocenters. The van der Waals surface area contributed by atoms with Crippen molar-refractivity contribution in [3.63, 3.8) is 0 Å². The number of Topliss-reactive ketones (excluding diaryl/α,β-unsaturated/α-hetero) is 1. The summed E-state index contributed by atoms with van der Waals surface area (Å²) in [7, 11) is 0. The van der Waals surface area contributed by atoms with Crippen molar-refractivity contribution in [2.45, 2.75) is 13.8 Å². The van der Waals surface area contributed by atoms with Crippen molar-refractivity contribution in [1.82, 2.24) is 0 Å². The molecule has 0 rings (SSSR count). The molecular weight excluding hydrogens is 353 g/mol. The molecule has 0 fully saturated rings. The van der Waals surface area contributed by atoms with Crippen LogP contribution >= 0.6 is 0 Å². The minimum absolute atomic E-state index is 0. The van der Waals surface area contributed by atoms with Gasteiger partial charge >= 0.3 is 0 Å². The van der Waals surface area contributed by atoms with E-state index < -0.39 is 0 Å². The van der Waals surface area contributed by atoms with E-state index in [4.69, 9.17) is 0 Å². The van der Waals surface area contributed by atoms with E-state index in [1.807, 2.05) is 0 Å². The predicted molar refractivity (Wildman–Crippen MR) is 16.4 cm³/mol. The minimum Gasteiger partial charge on any atom is -0.300 e. The average Bonchev–Trinajstić information content (AvgIpc) is 0.811. The number of hydrogen-bond donors (Lipinski definition) is 0. The van der Waals surface area contributed by atoms with Crippen LogP contribution in [-0.4, -0.2) is 5.78 Å². The molecule has 0 bridgehead atoms. The van der Waals surface area contributed by atoms with Crippen molar-refractivity contribution in [2.75, 3.05) is 0 Å². The normalized spacial score (nSPS) is 4.33. The molecule has 0 radical (unpaired) electrons. The monoisotopic (exact) mass is 362 g/mol. The summed E-state index contributed by atoms with van der Waals surface area (Å²) in [6.45, 7) is 3.06. The van der Waals surface area contributed by atoms with Gasteiger partial charge < -0.3 is 4.79 Å². The van der Waals surface area contributed by atoms with Crippen LogP contribution < -0.4 is 0 Å². The van der Waals surface area contributed by atoms with Gasteiger partial charge in [-0.1, -0.05) is 0 Å². The molecule has 0 N–H and O–H groups in total. The van der Waals surface area contributed by atoms with Crippen LogP contribution in [0.25, 0.3) is 0 Å². The van der Waals surface area contributed by atoms with E-state index in [9.17, 15) is 4.79 Å². The molecule has 0 spiro atoms. The molecule has 0 saturated carbocycles. The Bertz CT molecular complexity index is 31.8. The van der Waals surface area contributed by atoms with E-state index in [1.54, 1.807) is 0 Å². The van der Waals surface area contributed by atoms with Crippen molar-refractivity contribution in [1.29, 1.82) is 0 Å². The Kier molecular flexibility index (Phi) is 27.2. The number of carbonyl (C=O) groups is 1. The van der Waals surface area contributed by atoms with Gasteiger partial charge in [0.25, 0.3) is 0 Å². The van der Waals surface area contributed by atoms with Gasteiger partial charge in [-0.05, 0) is 13.8 Å². The van der Waals surface area contributed by atoms with Gasteiger partial charge in [0.1, 0.15) is 5.78 Å². The molecule has 3 heteroatoms. The average molecular weight is 359 g/mol. The third-order valence-electron chi connectivity index (χ3n) is 0. The smallest absolute Gasteiger partial charge is 0.126 e. The summed E-state index contributed by atoms with van der Waals surface area (Å²) in [5, 5.41) is 0. The van der Waals surface area contributed by atoms with Crippen molar-refractivity contribution in [2.24, 2.45) is 0 Å². The van der Waals surface area contributed by atoms with Crippen LogP contribution in [0.3, 0.4) is 0 Å². The topological polar surface area (TPSA) is 17.1 Å². The van der Waals surface area contributed by atoms with Gasteiger partial charge in [0.05, 0.1) is 0 Å². The SMILES string of the molecule is CC(C)=O.[Sm].[Sm]. The van der Waals surface area contributed by atoms with Crippen LogP contribution in [0.2, 0.25) is 0 Å². The maximum Gasteiger partial charge on any atom is 0.126 e. The van der Waals surface area contributed by atoms with Crippen molar-refractivity contribution in [3.05, 3.63) is 0 Å². The fourth-order valence-corrected chi connectivity index (χ4v) is 0. The Hall–Kier alpha value is 2.35. The first-order chi connectivity index (χ1) is 1.73. The zero-order valence-electron chi connectivity index (χ0n) is 3.72. The second kappa shape index (κ2) is 10.4. The number of carbonyl (C=O) groups excluding carboxylic acids is 1. The number of hydrogen-bond acceptors (Lipinski definition) is 1. The molecule has 6 heavy (non-hydrogen) atoms. The Morgan fingerprint density at radius 2 is 1.17 bits per heavy atom. The van der Waals surface area contributed by atoms with Gasteiger partial charge in [-0.3, -0.25) is 0 Å². The van der Waals surface area contributed by atoms with Crippen LogP contribution in [0.4, 0.5) is 0 Å². The number of ketones is 1. The molecule has 36 valence electrons. The third-order valence-corrected chi connectivity index (χ3v) is 0. The zero-order valence-corrected chi connectivity index (χ0v) is 8.96. The van der Waals surface area contributed by atoms with Gasteiger partial charge in [0, 0.05) is 80.8 Å². The molecule has 0 unspecified atom stereocenters. The van der Waals surface area contributed by atoms with Gasteiger partial charge in [0.15, 0.2) is 0 Å². The second-order valence-electron chi connectivity index (χ2n) is 0.908. The molecular formula is C3H6OSm2. The standard InChI is InChI=1S/C3H6O.2Sm/c1-3(2)4;;/h1-2H3;;. The van der Waals surface area contributed by atoms with E-state index in [-0.39, 0.29) is 86.6 Å². The largest absolute Gasteiger partial charge is 0.300 e. The predicted octanol–water partition coefficient (Wildman–Crippen LogP) is 0.595. The maximum absolute atomic E-state index is 9.44. The van der Waals surface area contributed by atoms with E-state index >= 15 is 0 Å². The van der Waals surface area contributed by atoms with Crippen LogP contribution in [0.5, 0.6) is 0 Å². The summed E-state index contributed by atoms with van der Waals surface area (Å²) >= 11 is 0. The van der Waals surface area contributed by atoms with Crippen LogP contribution in [0, 0.1) is 80.8 Å². The third kappa shape index (κ3) is 33.0. The second-order valence-corrected chi connectivity index (χ2v) is 0.908. The quantitative estimate of drug-likeness (QED) is 0.619. The summed E-state index contributed by atoms with van der Waals surface area (Å²) in [4.78, 5) is 9.44. The molecule has 0 aliphatic rings. The van der Waals surface area contributed by atoms with Crippen LogP contribution in [0.15, 0.2) is 0 Å². The van der Waals surface area contributed by atoms with E-state index in [0.29, 0.717) is 0 Å². The number of rotatable bonds is 0. The maximum atomic E-state index is 9.44. The molecule has 0 aromatic carbocycles.